The molecule has 0 saturated heterocycles. The molecular formula is C30H30N8O. The van der Waals surface area contributed by atoms with Gasteiger partial charge in [-0.1, -0.05) is 36.3 Å². The standard InChI is InChI=1S/C30H30N8O/c31-16-21-3-1-5-24(12-21)34-29-33-18-26-27(35-29)38(37-36-26)25-6-2-4-22(13-25)17-32-28(39)30-14-19-7-9-23(30)10-8-20(11-19)15-30/h1-6,12-13,18-20,23H,7-11,14-15,17H2,(H,32,39)(H,33,34,35). The molecule has 2 N–H and O–H groups in total. The van der Waals surface area contributed by atoms with Crippen LogP contribution in [0, 0.1) is 34.5 Å². The minimum absolute atomic E-state index is 0.156. The molecule has 0 radical (unpaired) electrons. The predicted octanol–water partition coefficient (Wildman–Crippen LogP) is 5.05. The van der Waals surface area contributed by atoms with E-state index in [1.165, 1.54) is 32.1 Å². The minimum Gasteiger partial charge on any atom is -0.352 e. The molecule has 196 valence electrons. The van der Waals surface area contributed by atoms with Crippen molar-refractivity contribution in [2.75, 3.05) is 5.32 Å². The molecule has 39 heavy (non-hydrogen) atoms. The molecule has 2 atom stereocenters. The van der Waals surface area contributed by atoms with E-state index in [9.17, 15) is 10.1 Å². The quantitative estimate of drug-likeness (QED) is 0.366. The fraction of sp³-hybridized carbons (Fsp3) is 0.400. The molecule has 2 unspecified atom stereocenters. The average Bonchev–Trinajstić information content (AvgIpc) is 3.38. The van der Waals surface area contributed by atoms with Crippen LogP contribution in [-0.4, -0.2) is 30.9 Å². The van der Waals surface area contributed by atoms with Crippen LogP contribution in [0.5, 0.6) is 0 Å². The van der Waals surface area contributed by atoms with E-state index >= 15 is 0 Å². The Kier molecular flexibility index (Phi) is 5.76. The van der Waals surface area contributed by atoms with Crippen LogP contribution in [0.25, 0.3) is 16.9 Å². The molecule has 3 bridgehead atoms. The monoisotopic (exact) mass is 518 g/mol. The zero-order valence-electron chi connectivity index (χ0n) is 21.7. The number of benzene rings is 2. The maximum Gasteiger partial charge on any atom is 0.229 e. The van der Waals surface area contributed by atoms with Gasteiger partial charge in [0.15, 0.2) is 11.2 Å². The number of rotatable bonds is 6. The van der Waals surface area contributed by atoms with Crippen LogP contribution in [0.1, 0.15) is 56.1 Å². The van der Waals surface area contributed by atoms with E-state index in [-0.39, 0.29) is 11.3 Å². The number of fused-ring (bicyclic) bond motifs is 3. The van der Waals surface area contributed by atoms with Gasteiger partial charge in [-0.2, -0.15) is 14.9 Å². The minimum atomic E-state index is -0.156. The van der Waals surface area contributed by atoms with E-state index in [4.69, 9.17) is 0 Å². The zero-order valence-corrected chi connectivity index (χ0v) is 21.7. The number of anilines is 2. The van der Waals surface area contributed by atoms with Crippen molar-refractivity contribution in [2.24, 2.45) is 23.2 Å². The number of amides is 1. The van der Waals surface area contributed by atoms with Crippen LogP contribution in [-0.2, 0) is 11.3 Å². The SMILES string of the molecule is N#Cc1cccc(Nc2ncc3nnn(-c4cccc(CNC(=O)C56CC7CCC5CCC(C7)C6)c4)c3n2)c1. The van der Waals surface area contributed by atoms with Gasteiger partial charge < -0.3 is 10.6 Å². The first-order valence-electron chi connectivity index (χ1n) is 13.8. The van der Waals surface area contributed by atoms with Crippen molar-refractivity contribution in [1.82, 2.24) is 30.3 Å². The summed E-state index contributed by atoms with van der Waals surface area (Å²) in [6, 6.07) is 17.3. The van der Waals surface area contributed by atoms with Gasteiger partial charge in [-0.05, 0) is 85.8 Å². The molecule has 2 heterocycles. The van der Waals surface area contributed by atoms with Crippen LogP contribution < -0.4 is 10.6 Å². The van der Waals surface area contributed by atoms with E-state index in [0.29, 0.717) is 35.1 Å². The third kappa shape index (κ3) is 4.30. The summed E-state index contributed by atoms with van der Waals surface area (Å²) in [6.45, 7) is 0.486. The lowest BCUT2D eigenvalue weighted by Crippen LogP contribution is -2.55. The first-order valence-corrected chi connectivity index (χ1v) is 13.8. The zero-order chi connectivity index (χ0) is 26.4. The van der Waals surface area contributed by atoms with Gasteiger partial charge in [-0.25, -0.2) is 4.98 Å². The smallest absolute Gasteiger partial charge is 0.229 e. The van der Waals surface area contributed by atoms with E-state index < -0.39 is 0 Å². The van der Waals surface area contributed by atoms with Gasteiger partial charge in [0.25, 0.3) is 0 Å². The largest absolute Gasteiger partial charge is 0.352 e. The summed E-state index contributed by atoms with van der Waals surface area (Å²) >= 11 is 0. The number of nitrogens with zero attached hydrogens (tertiary/aromatic N) is 6. The van der Waals surface area contributed by atoms with Gasteiger partial charge in [-0.15, -0.1) is 5.10 Å². The highest BCUT2D eigenvalue weighted by Crippen LogP contribution is 2.59. The van der Waals surface area contributed by atoms with Crippen molar-refractivity contribution in [2.45, 2.75) is 51.5 Å². The van der Waals surface area contributed by atoms with Gasteiger partial charge in [0, 0.05) is 12.2 Å². The molecular weight excluding hydrogens is 488 g/mol. The van der Waals surface area contributed by atoms with Crippen LogP contribution in [0.3, 0.4) is 0 Å². The number of hydrogen-bond acceptors (Lipinski definition) is 7. The van der Waals surface area contributed by atoms with Gasteiger partial charge in [0.2, 0.25) is 11.9 Å². The second-order valence-electron chi connectivity index (χ2n) is 11.5. The fourth-order valence-corrected chi connectivity index (χ4v) is 7.38. The average molecular weight is 519 g/mol. The maximum absolute atomic E-state index is 13.6. The van der Waals surface area contributed by atoms with Gasteiger partial charge >= 0.3 is 0 Å². The third-order valence-corrected chi connectivity index (χ3v) is 9.10. The number of carbonyl (C=O) groups is 1. The Morgan fingerprint density at radius 3 is 2.72 bits per heavy atom. The first kappa shape index (κ1) is 23.8. The Labute approximate surface area is 226 Å². The summed E-state index contributed by atoms with van der Waals surface area (Å²) in [5.41, 5.74) is 4.08. The summed E-state index contributed by atoms with van der Waals surface area (Å²) in [5.74, 6) is 2.64. The molecule has 9 nitrogen and oxygen atoms in total. The Bertz CT molecular complexity index is 1590. The van der Waals surface area contributed by atoms with E-state index in [1.54, 1.807) is 29.1 Å². The Hall–Kier alpha value is -4.32. The van der Waals surface area contributed by atoms with Crippen molar-refractivity contribution >= 4 is 28.7 Å². The maximum atomic E-state index is 13.6. The summed E-state index contributed by atoms with van der Waals surface area (Å²) in [7, 11) is 0. The van der Waals surface area contributed by atoms with Crippen molar-refractivity contribution in [3.05, 3.63) is 65.9 Å². The summed E-state index contributed by atoms with van der Waals surface area (Å²) in [5, 5.41) is 24.2. The lowest BCUT2D eigenvalue weighted by Gasteiger charge is -2.55. The second-order valence-corrected chi connectivity index (χ2v) is 11.5. The molecule has 3 saturated carbocycles. The molecule has 2 aromatic heterocycles. The van der Waals surface area contributed by atoms with Crippen molar-refractivity contribution in [3.63, 3.8) is 0 Å². The molecule has 3 aliphatic carbocycles. The van der Waals surface area contributed by atoms with Crippen LogP contribution in [0.15, 0.2) is 54.7 Å². The van der Waals surface area contributed by atoms with Gasteiger partial charge in [0.05, 0.1) is 28.9 Å². The van der Waals surface area contributed by atoms with Gasteiger partial charge in [0.1, 0.15) is 0 Å². The highest BCUT2D eigenvalue weighted by atomic mass is 16.2. The molecule has 1 amide bonds. The normalized spacial score (nSPS) is 25.3. The molecule has 0 spiro atoms. The highest BCUT2D eigenvalue weighted by molar-refractivity contribution is 5.83. The molecule has 4 aromatic rings. The van der Waals surface area contributed by atoms with E-state index in [2.05, 4.69) is 37.0 Å². The molecule has 9 heteroatoms. The Morgan fingerprint density at radius 1 is 1.08 bits per heavy atom. The number of hydrogen-bond donors (Lipinski definition) is 2. The molecule has 3 aliphatic rings. The second kappa shape index (κ2) is 9.45. The summed E-state index contributed by atoms with van der Waals surface area (Å²) in [4.78, 5) is 22.6. The number of nitrogens with one attached hydrogen (secondary N) is 2. The van der Waals surface area contributed by atoms with Crippen molar-refractivity contribution in [3.8, 4) is 11.8 Å². The highest BCUT2D eigenvalue weighted by Gasteiger charge is 2.55. The number of aromatic nitrogens is 5. The van der Waals surface area contributed by atoms with Crippen LogP contribution in [0.4, 0.5) is 11.6 Å². The Morgan fingerprint density at radius 2 is 1.90 bits per heavy atom. The number of carbonyl (C=O) groups excluding carboxylic acids is 1. The van der Waals surface area contributed by atoms with E-state index in [0.717, 1.165) is 41.6 Å². The molecule has 3 fully saturated rings. The van der Waals surface area contributed by atoms with Crippen LogP contribution >= 0.6 is 0 Å². The predicted molar refractivity (Wildman–Crippen MR) is 146 cm³/mol. The lowest BCUT2D eigenvalue weighted by molar-refractivity contribution is -0.149. The van der Waals surface area contributed by atoms with Crippen LogP contribution in [0.2, 0.25) is 0 Å². The Balaban J connectivity index is 1.10. The molecule has 0 aliphatic heterocycles. The van der Waals surface area contributed by atoms with Crippen molar-refractivity contribution in [1.29, 1.82) is 5.26 Å². The first-order chi connectivity index (χ1) is 19.1. The van der Waals surface area contributed by atoms with Gasteiger partial charge in [-0.3, -0.25) is 4.79 Å². The number of nitriles is 1. The van der Waals surface area contributed by atoms with Crippen molar-refractivity contribution < 1.29 is 4.79 Å². The summed E-state index contributed by atoms with van der Waals surface area (Å²) in [6.07, 6.45) is 10.1. The summed E-state index contributed by atoms with van der Waals surface area (Å²) < 4.78 is 1.68. The third-order valence-electron chi connectivity index (χ3n) is 9.10. The molecule has 7 rings (SSSR count). The lowest BCUT2D eigenvalue weighted by atomic mass is 9.49. The fourth-order valence-electron chi connectivity index (χ4n) is 7.38. The molecule has 2 aromatic carbocycles. The topological polar surface area (TPSA) is 121 Å². The van der Waals surface area contributed by atoms with E-state index in [1.807, 2.05) is 30.3 Å².